The topological polar surface area (TPSA) is 54.3 Å². The van der Waals surface area contributed by atoms with Crippen LogP contribution in [0.4, 0.5) is 0 Å². The van der Waals surface area contributed by atoms with Crippen LogP contribution in [-0.4, -0.2) is 57.7 Å². The molecule has 3 rings (SSSR count). The highest BCUT2D eigenvalue weighted by atomic mass is 16.2. The van der Waals surface area contributed by atoms with Gasteiger partial charge in [0, 0.05) is 52.0 Å². The van der Waals surface area contributed by atoms with Gasteiger partial charge in [0.15, 0.2) is 5.54 Å². The Morgan fingerprint density at radius 1 is 1.30 bits per heavy atom. The van der Waals surface area contributed by atoms with Crippen LogP contribution in [-0.2, 0) is 16.9 Å². The van der Waals surface area contributed by atoms with Crippen molar-refractivity contribution in [1.82, 2.24) is 24.6 Å². The average Bonchev–Trinajstić information content (AvgIpc) is 3.10. The van der Waals surface area contributed by atoms with Crippen molar-refractivity contribution >= 4 is 5.91 Å². The standard InChI is InChI=1S/C17H23N5O/c1-20(2)16(23)17(22-12-4-8-19-22)7-3-11-21(14-17)13-15-5-9-18-10-6-15/h4-6,8-10,12H,3,7,11,13-14H2,1-2H3. The van der Waals surface area contributed by atoms with Gasteiger partial charge >= 0.3 is 0 Å². The van der Waals surface area contributed by atoms with Gasteiger partial charge in [-0.1, -0.05) is 0 Å². The minimum atomic E-state index is -0.613. The molecule has 1 fully saturated rings. The van der Waals surface area contributed by atoms with Gasteiger partial charge in [-0.15, -0.1) is 0 Å². The smallest absolute Gasteiger partial charge is 0.251 e. The number of amides is 1. The first-order chi connectivity index (χ1) is 11.1. The number of nitrogens with zero attached hydrogens (tertiary/aromatic N) is 5. The van der Waals surface area contributed by atoms with Crippen molar-refractivity contribution in [1.29, 1.82) is 0 Å². The first kappa shape index (κ1) is 15.7. The fourth-order valence-electron chi connectivity index (χ4n) is 3.40. The number of likely N-dealkylation sites (N-methyl/N-ethyl adjacent to an activating group) is 1. The van der Waals surface area contributed by atoms with Crippen molar-refractivity contribution in [2.24, 2.45) is 0 Å². The summed E-state index contributed by atoms with van der Waals surface area (Å²) in [5.74, 6) is 0.112. The van der Waals surface area contributed by atoms with Crippen LogP contribution in [0.2, 0.25) is 0 Å². The molecule has 0 spiro atoms. The largest absolute Gasteiger partial charge is 0.347 e. The van der Waals surface area contributed by atoms with Gasteiger partial charge in [-0.2, -0.15) is 5.10 Å². The maximum absolute atomic E-state index is 12.9. The summed E-state index contributed by atoms with van der Waals surface area (Å²) in [6, 6.07) is 5.93. The summed E-state index contributed by atoms with van der Waals surface area (Å²) < 4.78 is 1.84. The van der Waals surface area contributed by atoms with E-state index in [0.29, 0.717) is 6.54 Å². The average molecular weight is 313 g/mol. The fourth-order valence-corrected chi connectivity index (χ4v) is 3.40. The highest BCUT2D eigenvalue weighted by Crippen LogP contribution is 2.30. The van der Waals surface area contributed by atoms with Crippen LogP contribution in [0.5, 0.6) is 0 Å². The summed E-state index contributed by atoms with van der Waals surface area (Å²) >= 11 is 0. The van der Waals surface area contributed by atoms with E-state index in [1.165, 1.54) is 5.56 Å². The van der Waals surface area contributed by atoms with Crippen molar-refractivity contribution in [3.63, 3.8) is 0 Å². The van der Waals surface area contributed by atoms with Crippen LogP contribution in [0, 0.1) is 0 Å². The Balaban J connectivity index is 1.86. The maximum Gasteiger partial charge on any atom is 0.251 e. The zero-order valence-electron chi connectivity index (χ0n) is 13.7. The zero-order valence-corrected chi connectivity index (χ0v) is 13.7. The van der Waals surface area contributed by atoms with Crippen molar-refractivity contribution in [2.45, 2.75) is 24.9 Å². The second-order valence-corrected chi connectivity index (χ2v) is 6.35. The minimum absolute atomic E-state index is 0.112. The second-order valence-electron chi connectivity index (χ2n) is 6.35. The van der Waals surface area contributed by atoms with Crippen molar-refractivity contribution < 1.29 is 4.79 Å². The number of rotatable bonds is 4. The fraction of sp³-hybridized carbons (Fsp3) is 0.471. The normalized spacial score (nSPS) is 22.0. The third-order valence-corrected chi connectivity index (χ3v) is 4.45. The quantitative estimate of drug-likeness (QED) is 0.855. The van der Waals surface area contributed by atoms with Gasteiger partial charge in [0.1, 0.15) is 0 Å². The number of carbonyl (C=O) groups is 1. The first-order valence-electron chi connectivity index (χ1n) is 7.95. The molecular weight excluding hydrogens is 290 g/mol. The van der Waals surface area contributed by atoms with E-state index in [1.54, 1.807) is 11.1 Å². The third-order valence-electron chi connectivity index (χ3n) is 4.45. The lowest BCUT2D eigenvalue weighted by Gasteiger charge is -2.43. The molecule has 1 atom stereocenters. The van der Waals surface area contributed by atoms with Gasteiger partial charge in [-0.25, -0.2) is 0 Å². The molecule has 2 aromatic rings. The molecule has 23 heavy (non-hydrogen) atoms. The summed E-state index contributed by atoms with van der Waals surface area (Å²) in [6.07, 6.45) is 9.06. The predicted molar refractivity (Wildman–Crippen MR) is 87.6 cm³/mol. The highest BCUT2D eigenvalue weighted by molar-refractivity contribution is 5.84. The SMILES string of the molecule is CN(C)C(=O)C1(n2cccn2)CCCN(Cc2ccncc2)C1. The van der Waals surface area contributed by atoms with Crippen molar-refractivity contribution in [3.8, 4) is 0 Å². The molecule has 1 unspecified atom stereocenters. The molecule has 6 nitrogen and oxygen atoms in total. The molecule has 0 bridgehead atoms. The number of hydrogen-bond donors (Lipinski definition) is 0. The zero-order chi connectivity index (χ0) is 16.3. The van der Waals surface area contributed by atoms with E-state index < -0.39 is 5.54 Å². The number of pyridine rings is 1. The van der Waals surface area contributed by atoms with E-state index in [-0.39, 0.29) is 5.91 Å². The van der Waals surface area contributed by atoms with Crippen LogP contribution < -0.4 is 0 Å². The van der Waals surface area contributed by atoms with Crippen LogP contribution in [0.1, 0.15) is 18.4 Å². The first-order valence-corrected chi connectivity index (χ1v) is 7.95. The molecule has 0 N–H and O–H groups in total. The Bertz CT molecular complexity index is 640. The molecule has 122 valence electrons. The molecule has 0 aromatic carbocycles. The molecule has 0 saturated carbocycles. The molecule has 0 aliphatic carbocycles. The number of carbonyl (C=O) groups excluding carboxylic acids is 1. The Kier molecular flexibility index (Phi) is 4.43. The van der Waals surface area contributed by atoms with E-state index in [4.69, 9.17) is 0 Å². The molecule has 1 amide bonds. The van der Waals surface area contributed by atoms with E-state index >= 15 is 0 Å². The Morgan fingerprint density at radius 2 is 2.09 bits per heavy atom. The van der Waals surface area contributed by atoms with Crippen LogP contribution in [0.3, 0.4) is 0 Å². The lowest BCUT2D eigenvalue weighted by atomic mass is 9.87. The van der Waals surface area contributed by atoms with Crippen molar-refractivity contribution in [2.75, 3.05) is 27.2 Å². The third kappa shape index (κ3) is 3.12. The monoisotopic (exact) mass is 313 g/mol. The molecule has 1 aliphatic heterocycles. The Hall–Kier alpha value is -2.21. The molecular formula is C17H23N5O. The molecule has 2 aromatic heterocycles. The maximum atomic E-state index is 12.9. The number of aromatic nitrogens is 3. The lowest BCUT2D eigenvalue weighted by molar-refractivity contribution is -0.142. The molecule has 1 saturated heterocycles. The van der Waals surface area contributed by atoms with Gasteiger partial charge < -0.3 is 4.90 Å². The van der Waals surface area contributed by atoms with Crippen molar-refractivity contribution in [3.05, 3.63) is 48.5 Å². The van der Waals surface area contributed by atoms with Crippen LogP contribution >= 0.6 is 0 Å². The number of likely N-dealkylation sites (tertiary alicyclic amines) is 1. The van der Waals surface area contributed by atoms with E-state index in [1.807, 2.05) is 55.6 Å². The Labute approximate surface area is 136 Å². The minimum Gasteiger partial charge on any atom is -0.347 e. The molecule has 3 heterocycles. The van der Waals surface area contributed by atoms with Gasteiger partial charge in [0.25, 0.3) is 5.91 Å². The summed E-state index contributed by atoms with van der Waals surface area (Å²) in [5, 5.41) is 4.39. The highest BCUT2D eigenvalue weighted by Gasteiger charge is 2.45. The lowest BCUT2D eigenvalue weighted by Crippen LogP contribution is -2.58. The van der Waals surface area contributed by atoms with Gasteiger partial charge in [0.2, 0.25) is 0 Å². The number of piperidine rings is 1. The molecule has 1 aliphatic rings. The van der Waals surface area contributed by atoms with E-state index in [9.17, 15) is 4.79 Å². The van der Waals surface area contributed by atoms with Crippen LogP contribution in [0.15, 0.2) is 43.0 Å². The summed E-state index contributed by atoms with van der Waals surface area (Å²) in [7, 11) is 3.63. The summed E-state index contributed by atoms with van der Waals surface area (Å²) in [6.45, 7) is 2.49. The van der Waals surface area contributed by atoms with Gasteiger partial charge in [0.05, 0.1) is 0 Å². The van der Waals surface area contributed by atoms with E-state index in [0.717, 1.165) is 25.9 Å². The summed E-state index contributed by atoms with van der Waals surface area (Å²) in [5.41, 5.74) is 0.603. The number of hydrogen-bond acceptors (Lipinski definition) is 4. The van der Waals surface area contributed by atoms with E-state index in [2.05, 4.69) is 15.0 Å². The summed E-state index contributed by atoms with van der Waals surface area (Å²) in [4.78, 5) is 21.0. The Morgan fingerprint density at radius 3 is 2.74 bits per heavy atom. The predicted octanol–water partition coefficient (Wildman–Crippen LogP) is 1.36. The second kappa shape index (κ2) is 6.50. The van der Waals surface area contributed by atoms with Gasteiger partial charge in [-0.3, -0.25) is 19.4 Å². The molecule has 0 radical (unpaired) electrons. The van der Waals surface area contributed by atoms with Gasteiger partial charge in [-0.05, 0) is 43.1 Å². The molecule has 6 heteroatoms. The van der Waals surface area contributed by atoms with Crippen LogP contribution in [0.25, 0.3) is 0 Å².